The molecule has 0 atom stereocenters. The predicted octanol–water partition coefficient (Wildman–Crippen LogP) is 2.14. The maximum Gasteiger partial charge on any atom is 0.414 e. The molecule has 5 rings (SSSR count). The highest BCUT2D eigenvalue weighted by Crippen LogP contribution is 2.34. The van der Waals surface area contributed by atoms with Crippen molar-refractivity contribution in [3.8, 4) is 23.0 Å². The normalized spacial score (nSPS) is 17.4. The molecule has 3 aliphatic rings. The van der Waals surface area contributed by atoms with E-state index in [1.54, 1.807) is 14.2 Å². The van der Waals surface area contributed by atoms with Crippen LogP contribution < -0.4 is 18.9 Å². The van der Waals surface area contributed by atoms with Crippen LogP contribution in [0.1, 0.15) is 24.0 Å². The van der Waals surface area contributed by atoms with E-state index in [-0.39, 0.29) is 5.92 Å². The van der Waals surface area contributed by atoms with Gasteiger partial charge in [0.25, 0.3) is 0 Å². The zero-order valence-corrected chi connectivity index (χ0v) is 23.4. The van der Waals surface area contributed by atoms with Crippen molar-refractivity contribution in [1.29, 1.82) is 0 Å². The number of nitrogens with zero attached hydrogens (tertiary/aromatic N) is 3. The molecule has 0 spiro atoms. The summed E-state index contributed by atoms with van der Waals surface area (Å²) in [5.74, 6) is 0.0000936. The van der Waals surface area contributed by atoms with E-state index in [4.69, 9.17) is 38.7 Å². The van der Waals surface area contributed by atoms with Crippen LogP contribution in [0.4, 0.5) is 0 Å². The van der Waals surface area contributed by atoms with Gasteiger partial charge in [-0.05, 0) is 49.7 Å². The van der Waals surface area contributed by atoms with Crippen LogP contribution in [-0.2, 0) is 27.5 Å². The standard InChI is InChI=1S/C27H35N3O5.C2H2O4/c1-32-24-5-3-4-22(26(24)33-2)18-28-10-8-21(9-11-28)27(31)30-14-12-29(13-15-30)17-20-6-7-23-25(16-20)35-19-34-23;3-1(4)2(5)6/h3-7,16,21H,8-15,17-19H2,1-2H3;(H,3,4)(H,5,6). The van der Waals surface area contributed by atoms with Gasteiger partial charge in [-0.15, -0.1) is 0 Å². The molecular formula is C29H37N3O9. The highest BCUT2D eigenvalue weighted by Gasteiger charge is 2.31. The fourth-order valence-corrected chi connectivity index (χ4v) is 5.34. The van der Waals surface area contributed by atoms with Crippen molar-refractivity contribution in [2.24, 2.45) is 5.92 Å². The molecule has 222 valence electrons. The summed E-state index contributed by atoms with van der Waals surface area (Å²) in [6, 6.07) is 12.1. The molecule has 2 saturated heterocycles. The highest BCUT2D eigenvalue weighted by atomic mass is 16.7. The summed E-state index contributed by atoms with van der Waals surface area (Å²) >= 11 is 0. The fourth-order valence-electron chi connectivity index (χ4n) is 5.34. The molecule has 2 N–H and O–H groups in total. The molecule has 0 unspecified atom stereocenters. The molecule has 3 aliphatic heterocycles. The number of hydrogen-bond donors (Lipinski definition) is 2. The number of benzene rings is 2. The van der Waals surface area contributed by atoms with Gasteiger partial charge in [0, 0.05) is 50.7 Å². The third-order valence-electron chi connectivity index (χ3n) is 7.53. The van der Waals surface area contributed by atoms with Gasteiger partial charge in [0.2, 0.25) is 12.7 Å². The second-order valence-electron chi connectivity index (χ2n) is 10.1. The molecule has 41 heavy (non-hydrogen) atoms. The second kappa shape index (κ2) is 14.0. The lowest BCUT2D eigenvalue weighted by molar-refractivity contribution is -0.159. The van der Waals surface area contributed by atoms with E-state index >= 15 is 0 Å². The third kappa shape index (κ3) is 7.80. The SMILES string of the molecule is COc1cccc(CN2CCC(C(=O)N3CCN(Cc4ccc5c(c4)OCO5)CC3)CC2)c1OC.O=C(O)C(=O)O. The molecule has 2 aromatic carbocycles. The van der Waals surface area contributed by atoms with Gasteiger partial charge in [-0.3, -0.25) is 14.6 Å². The molecule has 0 aliphatic carbocycles. The Bertz CT molecular complexity index is 1210. The first-order valence-electron chi connectivity index (χ1n) is 13.6. The first kappa shape index (κ1) is 29.9. The Kier molecular flexibility index (Phi) is 10.3. The summed E-state index contributed by atoms with van der Waals surface area (Å²) in [4.78, 5) is 38.3. The van der Waals surface area contributed by atoms with Crippen molar-refractivity contribution in [3.05, 3.63) is 47.5 Å². The highest BCUT2D eigenvalue weighted by molar-refractivity contribution is 6.27. The molecular weight excluding hydrogens is 534 g/mol. The van der Waals surface area contributed by atoms with Gasteiger partial charge in [0.15, 0.2) is 23.0 Å². The zero-order valence-electron chi connectivity index (χ0n) is 23.4. The first-order chi connectivity index (χ1) is 19.8. The maximum absolute atomic E-state index is 13.2. The summed E-state index contributed by atoms with van der Waals surface area (Å²) in [6.45, 7) is 7.19. The van der Waals surface area contributed by atoms with E-state index in [0.29, 0.717) is 12.7 Å². The van der Waals surface area contributed by atoms with Crippen molar-refractivity contribution in [2.45, 2.75) is 25.9 Å². The zero-order chi connectivity index (χ0) is 29.4. The molecule has 12 heteroatoms. The minimum Gasteiger partial charge on any atom is -0.493 e. The number of likely N-dealkylation sites (tertiary alicyclic amines) is 1. The van der Waals surface area contributed by atoms with Crippen LogP contribution in [0.2, 0.25) is 0 Å². The Morgan fingerprint density at radius 2 is 1.49 bits per heavy atom. The van der Waals surface area contributed by atoms with E-state index in [1.165, 1.54) is 5.56 Å². The minimum atomic E-state index is -1.82. The van der Waals surface area contributed by atoms with Gasteiger partial charge < -0.3 is 34.1 Å². The summed E-state index contributed by atoms with van der Waals surface area (Å²) in [7, 11) is 3.34. The average molecular weight is 572 g/mol. The molecule has 0 radical (unpaired) electrons. The number of hydrogen-bond acceptors (Lipinski definition) is 9. The van der Waals surface area contributed by atoms with Crippen molar-refractivity contribution in [2.75, 3.05) is 60.3 Å². The Morgan fingerprint density at radius 1 is 0.829 bits per heavy atom. The van der Waals surface area contributed by atoms with Crippen molar-refractivity contribution < 1.29 is 43.5 Å². The number of piperazine rings is 1. The lowest BCUT2D eigenvalue weighted by Crippen LogP contribution is -2.51. The van der Waals surface area contributed by atoms with Crippen LogP contribution in [0.5, 0.6) is 23.0 Å². The summed E-state index contributed by atoms with van der Waals surface area (Å²) < 4.78 is 21.9. The number of amides is 1. The summed E-state index contributed by atoms with van der Waals surface area (Å²) in [5, 5.41) is 14.8. The molecule has 0 aromatic heterocycles. The van der Waals surface area contributed by atoms with Gasteiger partial charge in [0.1, 0.15) is 0 Å². The predicted molar refractivity (Wildman–Crippen MR) is 147 cm³/mol. The molecule has 3 heterocycles. The first-order valence-corrected chi connectivity index (χ1v) is 13.6. The Labute approximate surface area is 238 Å². The number of carbonyl (C=O) groups is 3. The Hall–Kier alpha value is -4.03. The number of methoxy groups -OCH3 is 2. The minimum absolute atomic E-state index is 0.124. The number of rotatable bonds is 7. The molecule has 2 fully saturated rings. The Balaban J connectivity index is 0.000000585. The number of para-hydroxylation sites is 1. The smallest absolute Gasteiger partial charge is 0.414 e. The van der Waals surface area contributed by atoms with Gasteiger partial charge in [-0.1, -0.05) is 18.2 Å². The van der Waals surface area contributed by atoms with Crippen molar-refractivity contribution in [3.63, 3.8) is 0 Å². The maximum atomic E-state index is 13.2. The molecule has 12 nitrogen and oxygen atoms in total. The van der Waals surface area contributed by atoms with Crippen LogP contribution in [0.3, 0.4) is 0 Å². The number of carboxylic acid groups (broad SMARTS) is 2. The van der Waals surface area contributed by atoms with Crippen LogP contribution in [-0.4, -0.2) is 103 Å². The largest absolute Gasteiger partial charge is 0.493 e. The third-order valence-corrected chi connectivity index (χ3v) is 7.53. The topological polar surface area (TPSA) is 138 Å². The van der Waals surface area contributed by atoms with E-state index in [2.05, 4.69) is 32.9 Å². The molecule has 2 aromatic rings. The van der Waals surface area contributed by atoms with Crippen LogP contribution in [0.15, 0.2) is 36.4 Å². The number of aliphatic carboxylic acids is 2. The lowest BCUT2D eigenvalue weighted by Gasteiger charge is -2.38. The summed E-state index contributed by atoms with van der Waals surface area (Å²) in [6.07, 6.45) is 1.81. The molecule has 0 saturated carbocycles. The fraction of sp³-hybridized carbons (Fsp3) is 0.483. The number of carboxylic acids is 2. The molecule has 0 bridgehead atoms. The van der Waals surface area contributed by atoms with Crippen LogP contribution >= 0.6 is 0 Å². The summed E-state index contributed by atoms with van der Waals surface area (Å²) in [5.41, 5.74) is 2.34. The van der Waals surface area contributed by atoms with Gasteiger partial charge >= 0.3 is 11.9 Å². The Morgan fingerprint density at radius 3 is 2.12 bits per heavy atom. The van der Waals surface area contributed by atoms with Crippen LogP contribution in [0, 0.1) is 5.92 Å². The van der Waals surface area contributed by atoms with Crippen LogP contribution in [0.25, 0.3) is 0 Å². The van der Waals surface area contributed by atoms with E-state index in [1.807, 2.05) is 18.2 Å². The number of carbonyl (C=O) groups excluding carboxylic acids is 1. The van der Waals surface area contributed by atoms with Gasteiger partial charge in [0.05, 0.1) is 14.2 Å². The van der Waals surface area contributed by atoms with Gasteiger partial charge in [-0.25, -0.2) is 9.59 Å². The van der Waals surface area contributed by atoms with Gasteiger partial charge in [-0.2, -0.15) is 0 Å². The number of fused-ring (bicyclic) bond motifs is 1. The van der Waals surface area contributed by atoms with E-state index in [0.717, 1.165) is 93.8 Å². The van der Waals surface area contributed by atoms with Crippen molar-refractivity contribution >= 4 is 17.8 Å². The number of piperidine rings is 1. The second-order valence-corrected chi connectivity index (χ2v) is 10.1. The quantitative estimate of drug-likeness (QED) is 0.473. The molecule has 1 amide bonds. The van der Waals surface area contributed by atoms with E-state index in [9.17, 15) is 4.79 Å². The van der Waals surface area contributed by atoms with E-state index < -0.39 is 11.9 Å². The monoisotopic (exact) mass is 571 g/mol. The lowest BCUT2D eigenvalue weighted by atomic mass is 9.94. The average Bonchev–Trinajstić information content (AvgIpc) is 3.46. The van der Waals surface area contributed by atoms with Crippen molar-refractivity contribution in [1.82, 2.24) is 14.7 Å². The number of ether oxygens (including phenoxy) is 4.